The third-order valence-corrected chi connectivity index (χ3v) is 9.82. The molecule has 0 radical (unpaired) electrons. The molecule has 0 bridgehead atoms. The van der Waals surface area contributed by atoms with E-state index < -0.39 is 11.5 Å². The number of nitrogens with one attached hydrogen (secondary N) is 1. The van der Waals surface area contributed by atoms with E-state index in [0.29, 0.717) is 30.6 Å². The highest BCUT2D eigenvalue weighted by molar-refractivity contribution is 5.98. The number of aromatic nitrogens is 4. The maximum atomic E-state index is 15.6. The first-order valence-corrected chi connectivity index (χ1v) is 16.3. The predicted octanol–water partition coefficient (Wildman–Crippen LogP) is 6.30. The molecule has 1 aromatic carbocycles. The fraction of sp³-hybridized carbons (Fsp3) is 0.472. The van der Waals surface area contributed by atoms with Crippen molar-refractivity contribution in [2.75, 3.05) is 33.4 Å². The second-order valence-electron chi connectivity index (χ2n) is 13.2. The molecule has 0 unspecified atom stereocenters. The summed E-state index contributed by atoms with van der Waals surface area (Å²) < 4.78 is 36.4. The second kappa shape index (κ2) is 13.8. The first kappa shape index (κ1) is 32.1. The van der Waals surface area contributed by atoms with Crippen LogP contribution in [0.1, 0.15) is 72.8 Å². The average Bonchev–Trinajstić information content (AvgIpc) is 3.07. The Morgan fingerprint density at radius 3 is 2.65 bits per heavy atom. The van der Waals surface area contributed by atoms with Crippen molar-refractivity contribution in [2.45, 2.75) is 64.1 Å². The SMILES string of the molecule is COCC1CCN(CC[C@@H](NC(=O)c2cc(F)c3nc4c(cc3c2)C[C@](F)(C(C)C)CC4)c2ccc(-c3ccnnc3)nc2)CC1. The first-order chi connectivity index (χ1) is 22.2. The van der Waals surface area contributed by atoms with E-state index in [2.05, 4.69) is 30.4 Å². The van der Waals surface area contributed by atoms with Gasteiger partial charge < -0.3 is 15.0 Å². The van der Waals surface area contributed by atoms with E-state index >= 15 is 8.78 Å². The van der Waals surface area contributed by atoms with Gasteiger partial charge in [0.1, 0.15) is 17.0 Å². The van der Waals surface area contributed by atoms with Gasteiger partial charge in [-0.25, -0.2) is 13.8 Å². The van der Waals surface area contributed by atoms with Crippen molar-refractivity contribution in [1.29, 1.82) is 0 Å². The number of hydrogen-bond donors (Lipinski definition) is 1. The van der Waals surface area contributed by atoms with E-state index in [0.717, 1.165) is 67.2 Å². The molecule has 2 atom stereocenters. The number of rotatable bonds is 10. The number of carbonyl (C=O) groups is 1. The molecule has 4 heterocycles. The van der Waals surface area contributed by atoms with Gasteiger partial charge in [-0.1, -0.05) is 19.9 Å². The molecule has 46 heavy (non-hydrogen) atoms. The van der Waals surface area contributed by atoms with E-state index in [1.165, 1.54) is 6.07 Å². The van der Waals surface area contributed by atoms with E-state index in [-0.39, 0.29) is 35.4 Å². The number of amides is 1. The lowest BCUT2D eigenvalue weighted by atomic mass is 9.77. The molecule has 1 amide bonds. The van der Waals surface area contributed by atoms with Gasteiger partial charge in [-0.15, -0.1) is 0 Å². The summed E-state index contributed by atoms with van der Waals surface area (Å²) >= 11 is 0. The highest BCUT2D eigenvalue weighted by atomic mass is 19.1. The molecular formula is C36H42F2N6O2. The molecule has 3 aromatic heterocycles. The van der Waals surface area contributed by atoms with Crippen LogP contribution >= 0.6 is 0 Å². The first-order valence-electron chi connectivity index (χ1n) is 16.3. The monoisotopic (exact) mass is 628 g/mol. The van der Waals surface area contributed by atoms with Gasteiger partial charge in [0.15, 0.2) is 0 Å². The quantitative estimate of drug-likeness (QED) is 0.220. The number of carbonyl (C=O) groups excluding carboxylic acids is 1. The Hall–Kier alpha value is -3.89. The minimum atomic E-state index is -1.32. The van der Waals surface area contributed by atoms with Crippen molar-refractivity contribution in [3.8, 4) is 11.3 Å². The van der Waals surface area contributed by atoms with Crippen molar-refractivity contribution in [3.63, 3.8) is 0 Å². The summed E-state index contributed by atoms with van der Waals surface area (Å²) in [6.07, 6.45) is 8.97. The minimum Gasteiger partial charge on any atom is -0.384 e. The highest BCUT2D eigenvalue weighted by Crippen LogP contribution is 2.38. The van der Waals surface area contributed by atoms with E-state index in [4.69, 9.17) is 4.74 Å². The Morgan fingerprint density at radius 2 is 1.96 bits per heavy atom. The van der Waals surface area contributed by atoms with Gasteiger partial charge in [0.25, 0.3) is 5.91 Å². The van der Waals surface area contributed by atoms with Gasteiger partial charge in [-0.05, 0) is 98.5 Å². The van der Waals surface area contributed by atoms with Crippen molar-refractivity contribution in [2.24, 2.45) is 11.8 Å². The zero-order valence-corrected chi connectivity index (χ0v) is 26.8. The molecular weight excluding hydrogens is 586 g/mol. The predicted molar refractivity (Wildman–Crippen MR) is 174 cm³/mol. The fourth-order valence-electron chi connectivity index (χ4n) is 6.76. The number of alkyl halides is 1. The molecule has 2 aliphatic rings. The van der Waals surface area contributed by atoms with E-state index in [1.54, 1.807) is 31.8 Å². The third kappa shape index (κ3) is 7.08. The van der Waals surface area contributed by atoms with Crippen LogP contribution in [0.25, 0.3) is 22.2 Å². The number of hydrogen-bond acceptors (Lipinski definition) is 7. The summed E-state index contributed by atoms with van der Waals surface area (Å²) in [6.45, 7) is 7.31. The van der Waals surface area contributed by atoms with E-state index in [1.807, 2.05) is 38.1 Å². The Bertz CT molecular complexity index is 1660. The lowest BCUT2D eigenvalue weighted by molar-refractivity contribution is 0.0821. The lowest BCUT2D eigenvalue weighted by Crippen LogP contribution is -2.38. The lowest BCUT2D eigenvalue weighted by Gasteiger charge is -2.34. The molecule has 1 fully saturated rings. The number of nitrogens with zero attached hydrogens (tertiary/aromatic N) is 5. The van der Waals surface area contributed by atoms with Crippen LogP contribution in [0.15, 0.2) is 55.0 Å². The van der Waals surface area contributed by atoms with Crippen LogP contribution in [0.4, 0.5) is 8.78 Å². The maximum absolute atomic E-state index is 15.6. The van der Waals surface area contributed by atoms with E-state index in [9.17, 15) is 4.79 Å². The minimum absolute atomic E-state index is 0.135. The molecule has 10 heteroatoms. The standard InChI is InChI=1S/C36H42F2N6O2/c1-23(2)36(38)11-6-32-29(19-36)17-27-16-28(18-30(37)34(27)42-32)35(45)43-33(10-15-44-13-8-24(9-14-44)22-46-3)25-4-5-31(39-20-25)26-7-12-40-41-21-26/h4-5,7,12,16-18,20-21,23-24,33H,6,8-11,13-15,19,22H2,1-3H3,(H,43,45)/t33-,36+/m1/s1. The van der Waals surface area contributed by atoms with Crippen LogP contribution in [-0.4, -0.2) is 70.0 Å². The third-order valence-electron chi connectivity index (χ3n) is 9.82. The number of likely N-dealkylation sites (tertiary alicyclic amines) is 1. The Labute approximate surface area is 269 Å². The summed E-state index contributed by atoms with van der Waals surface area (Å²) in [6, 6.07) is 10.1. The molecule has 242 valence electrons. The number of fused-ring (bicyclic) bond motifs is 2. The largest absolute Gasteiger partial charge is 0.384 e. The van der Waals surface area contributed by atoms with Crippen LogP contribution in [0, 0.1) is 17.7 Å². The Balaban J connectivity index is 1.23. The molecule has 1 aliphatic carbocycles. The molecule has 1 N–H and O–H groups in total. The summed E-state index contributed by atoms with van der Waals surface area (Å²) in [4.78, 5) is 25.4. The number of pyridine rings is 2. The second-order valence-corrected chi connectivity index (χ2v) is 13.2. The molecule has 1 aliphatic heterocycles. The number of methoxy groups -OCH3 is 1. The van der Waals surface area contributed by atoms with Gasteiger partial charge >= 0.3 is 0 Å². The Kier molecular flexibility index (Phi) is 9.65. The summed E-state index contributed by atoms with van der Waals surface area (Å²) in [5, 5.41) is 11.4. The number of piperidine rings is 1. The van der Waals surface area contributed by atoms with Gasteiger partial charge in [0.2, 0.25) is 0 Å². The number of aryl methyl sites for hydroxylation is 1. The molecule has 1 saturated heterocycles. The smallest absolute Gasteiger partial charge is 0.251 e. The maximum Gasteiger partial charge on any atom is 0.251 e. The normalized spacial score (nSPS) is 19.7. The number of halogens is 2. The molecule has 0 saturated carbocycles. The van der Waals surface area contributed by atoms with Gasteiger partial charge in [0, 0.05) is 55.1 Å². The number of ether oxygens (including phenoxy) is 1. The zero-order valence-electron chi connectivity index (χ0n) is 26.8. The number of benzene rings is 1. The topological polar surface area (TPSA) is 93.1 Å². The van der Waals surface area contributed by atoms with Gasteiger partial charge in [0.05, 0.1) is 24.1 Å². The summed E-state index contributed by atoms with van der Waals surface area (Å²) in [5.74, 6) is -0.500. The van der Waals surface area contributed by atoms with Crippen LogP contribution in [0.3, 0.4) is 0 Å². The van der Waals surface area contributed by atoms with Crippen LogP contribution < -0.4 is 5.32 Å². The molecule has 8 nitrogen and oxygen atoms in total. The van der Waals surface area contributed by atoms with Crippen molar-refractivity contribution in [3.05, 3.63) is 83.2 Å². The van der Waals surface area contributed by atoms with Crippen molar-refractivity contribution in [1.82, 2.24) is 30.4 Å². The van der Waals surface area contributed by atoms with Crippen molar-refractivity contribution < 1.29 is 18.3 Å². The van der Waals surface area contributed by atoms with Crippen LogP contribution in [-0.2, 0) is 17.6 Å². The highest BCUT2D eigenvalue weighted by Gasteiger charge is 2.38. The molecule has 0 spiro atoms. The van der Waals surface area contributed by atoms with Gasteiger partial charge in [-0.3, -0.25) is 9.78 Å². The van der Waals surface area contributed by atoms with Crippen LogP contribution in [0.2, 0.25) is 0 Å². The van der Waals surface area contributed by atoms with Crippen LogP contribution in [0.5, 0.6) is 0 Å². The summed E-state index contributed by atoms with van der Waals surface area (Å²) in [7, 11) is 1.75. The molecule has 6 rings (SSSR count). The average molecular weight is 629 g/mol. The summed E-state index contributed by atoms with van der Waals surface area (Å²) in [5.41, 5.74) is 3.09. The molecule has 4 aromatic rings. The fourth-order valence-corrected chi connectivity index (χ4v) is 6.76. The Morgan fingerprint density at radius 1 is 1.13 bits per heavy atom. The van der Waals surface area contributed by atoms with Gasteiger partial charge in [-0.2, -0.15) is 10.2 Å². The zero-order chi connectivity index (χ0) is 32.3. The van der Waals surface area contributed by atoms with Crippen molar-refractivity contribution >= 4 is 16.8 Å².